The van der Waals surface area contributed by atoms with Gasteiger partial charge in [0.15, 0.2) is 0 Å². The number of aryl methyl sites for hydroxylation is 1. The average molecular weight is 451 g/mol. The normalized spacial score (nSPS) is 22.8. The number of hydrogen-bond donors (Lipinski definition) is 2. The number of hydrogen-bond acceptors (Lipinski definition) is 4. The molecular weight excluding hydrogens is 408 g/mol. The van der Waals surface area contributed by atoms with Crippen LogP contribution in [0.5, 0.6) is 0 Å². The average Bonchev–Trinajstić information content (AvgIpc) is 2.84. The van der Waals surface area contributed by atoms with Crippen LogP contribution in [-0.2, 0) is 11.3 Å². The van der Waals surface area contributed by atoms with E-state index in [9.17, 15) is 4.79 Å². The van der Waals surface area contributed by atoms with Gasteiger partial charge in [-0.05, 0) is 99.8 Å². The Morgan fingerprint density at radius 2 is 1.79 bits per heavy atom. The smallest absolute Gasteiger partial charge is 0.246 e. The van der Waals surface area contributed by atoms with Gasteiger partial charge in [0.1, 0.15) is 6.04 Å². The maximum atomic E-state index is 12.5. The third-order valence-corrected chi connectivity index (χ3v) is 8.06. The topological polar surface area (TPSA) is 47.6 Å². The molecular formula is C28H42N4O. The van der Waals surface area contributed by atoms with Crippen molar-refractivity contribution in [1.29, 1.82) is 0 Å². The lowest BCUT2D eigenvalue weighted by atomic mass is 9.85. The number of benzene rings is 1. The maximum absolute atomic E-state index is 12.5. The second-order valence-corrected chi connectivity index (χ2v) is 10.3. The molecule has 0 aliphatic carbocycles. The number of anilines is 1. The second-order valence-electron chi connectivity index (χ2n) is 10.3. The van der Waals surface area contributed by atoms with Gasteiger partial charge in [0.05, 0.1) is 0 Å². The Hall–Kier alpha value is -2.27. The molecule has 5 heteroatoms. The molecule has 0 bridgehead atoms. The summed E-state index contributed by atoms with van der Waals surface area (Å²) in [6.07, 6.45) is 11.6. The van der Waals surface area contributed by atoms with Crippen LogP contribution in [0.15, 0.2) is 43.3 Å². The Balaban J connectivity index is 1.33. The fraction of sp³-hybridized carbons (Fsp3) is 0.607. The summed E-state index contributed by atoms with van der Waals surface area (Å²) in [6.45, 7) is 15.5. The molecule has 3 aliphatic heterocycles. The van der Waals surface area contributed by atoms with Crippen LogP contribution in [-0.4, -0.2) is 43.0 Å². The minimum absolute atomic E-state index is 0.0338. The van der Waals surface area contributed by atoms with Gasteiger partial charge in [0.2, 0.25) is 5.91 Å². The van der Waals surface area contributed by atoms with Crippen molar-refractivity contribution < 1.29 is 4.79 Å². The first-order valence-electron chi connectivity index (χ1n) is 13.0. The molecule has 0 aromatic heterocycles. The van der Waals surface area contributed by atoms with Crippen molar-refractivity contribution in [2.24, 2.45) is 11.8 Å². The molecule has 0 spiro atoms. The summed E-state index contributed by atoms with van der Waals surface area (Å²) in [6, 6.07) is 6.66. The van der Waals surface area contributed by atoms with Crippen molar-refractivity contribution in [3.8, 4) is 0 Å². The van der Waals surface area contributed by atoms with Gasteiger partial charge < -0.3 is 20.4 Å². The van der Waals surface area contributed by atoms with E-state index in [1.54, 1.807) is 0 Å². The van der Waals surface area contributed by atoms with Crippen LogP contribution >= 0.6 is 0 Å². The number of rotatable bonds is 8. The quantitative estimate of drug-likeness (QED) is 0.601. The van der Waals surface area contributed by atoms with Crippen LogP contribution < -0.4 is 15.5 Å². The first kappa shape index (κ1) is 23.9. The molecule has 3 heterocycles. The van der Waals surface area contributed by atoms with E-state index in [0.717, 1.165) is 43.5 Å². The minimum Gasteiger partial charge on any atom is -0.372 e. The van der Waals surface area contributed by atoms with Crippen molar-refractivity contribution >= 4 is 11.6 Å². The van der Waals surface area contributed by atoms with E-state index in [2.05, 4.69) is 58.7 Å². The van der Waals surface area contributed by atoms with Crippen molar-refractivity contribution in [2.45, 2.75) is 70.9 Å². The first-order chi connectivity index (χ1) is 16.0. The van der Waals surface area contributed by atoms with E-state index in [1.807, 2.05) is 6.20 Å². The molecule has 0 saturated carbocycles. The molecule has 1 unspecified atom stereocenters. The van der Waals surface area contributed by atoms with Crippen molar-refractivity contribution in [3.05, 3.63) is 54.4 Å². The van der Waals surface area contributed by atoms with Crippen LogP contribution in [0.3, 0.4) is 0 Å². The number of allylic oxidation sites excluding steroid dienone is 1. The zero-order valence-electron chi connectivity index (χ0n) is 20.5. The lowest BCUT2D eigenvalue weighted by Crippen LogP contribution is -2.47. The molecule has 1 aromatic carbocycles. The monoisotopic (exact) mass is 450 g/mol. The molecule has 3 aliphatic rings. The molecule has 0 radical (unpaired) electrons. The van der Waals surface area contributed by atoms with Crippen molar-refractivity contribution in [1.82, 2.24) is 15.5 Å². The zero-order chi connectivity index (χ0) is 23.2. The number of piperidine rings is 3. The van der Waals surface area contributed by atoms with E-state index in [-0.39, 0.29) is 11.9 Å². The first-order valence-corrected chi connectivity index (χ1v) is 13.0. The number of nitrogens with zero attached hydrogens (tertiary/aromatic N) is 2. The molecule has 180 valence electrons. The summed E-state index contributed by atoms with van der Waals surface area (Å²) in [5.74, 6) is 1.87. The largest absolute Gasteiger partial charge is 0.372 e. The van der Waals surface area contributed by atoms with Crippen LogP contribution in [0.4, 0.5) is 5.69 Å². The predicted octanol–water partition coefficient (Wildman–Crippen LogP) is 4.73. The molecule has 1 atom stereocenters. The molecule has 2 N–H and O–H groups in total. The van der Waals surface area contributed by atoms with Gasteiger partial charge in [-0.2, -0.15) is 0 Å². The van der Waals surface area contributed by atoms with Gasteiger partial charge >= 0.3 is 0 Å². The third-order valence-electron chi connectivity index (χ3n) is 8.06. The number of carbonyl (C=O) groups is 1. The van der Waals surface area contributed by atoms with E-state index < -0.39 is 0 Å². The SMILES string of the molecule is C=CN(Cc1cc(N2CCC(CCC3CCNCC3)CC2)ccc1C)C1CCC(=C)NC1=O. The van der Waals surface area contributed by atoms with E-state index in [1.165, 1.54) is 68.4 Å². The highest BCUT2D eigenvalue weighted by molar-refractivity contribution is 5.84. The zero-order valence-corrected chi connectivity index (χ0v) is 20.5. The Kier molecular flexibility index (Phi) is 8.13. The molecule has 4 rings (SSSR count). The Morgan fingerprint density at radius 3 is 2.45 bits per heavy atom. The Bertz CT molecular complexity index is 836. The van der Waals surface area contributed by atoms with E-state index in [4.69, 9.17) is 0 Å². The molecule has 1 aromatic rings. The Labute approximate surface area is 200 Å². The van der Waals surface area contributed by atoms with Crippen LogP contribution in [0.25, 0.3) is 0 Å². The summed E-state index contributed by atoms with van der Waals surface area (Å²) in [7, 11) is 0. The van der Waals surface area contributed by atoms with E-state index in [0.29, 0.717) is 6.54 Å². The highest BCUT2D eigenvalue weighted by Gasteiger charge is 2.28. The summed E-state index contributed by atoms with van der Waals surface area (Å²) in [5.41, 5.74) is 4.68. The van der Waals surface area contributed by atoms with Crippen molar-refractivity contribution in [3.63, 3.8) is 0 Å². The van der Waals surface area contributed by atoms with Gasteiger partial charge in [0.25, 0.3) is 0 Å². The van der Waals surface area contributed by atoms with Crippen molar-refractivity contribution in [2.75, 3.05) is 31.1 Å². The van der Waals surface area contributed by atoms with E-state index >= 15 is 0 Å². The highest BCUT2D eigenvalue weighted by atomic mass is 16.2. The van der Waals surface area contributed by atoms with Gasteiger partial charge in [-0.15, -0.1) is 0 Å². The van der Waals surface area contributed by atoms with Gasteiger partial charge in [0, 0.05) is 31.0 Å². The number of carbonyl (C=O) groups excluding carboxylic acids is 1. The summed E-state index contributed by atoms with van der Waals surface area (Å²) in [4.78, 5) is 17.1. The minimum atomic E-state index is -0.174. The molecule has 3 saturated heterocycles. The molecule has 1 amide bonds. The standard InChI is InChI=1S/C28H42N4O/c1-4-31(27-10-6-22(3)30-28(27)33)20-25-19-26(9-5-21(25)2)32-17-13-24(14-18-32)8-7-23-11-15-29-16-12-23/h4-5,9,19,23-24,27,29H,1,3,6-8,10-18,20H2,2H3,(H,30,33). The van der Waals surface area contributed by atoms with Gasteiger partial charge in [-0.25, -0.2) is 0 Å². The maximum Gasteiger partial charge on any atom is 0.246 e. The Morgan fingerprint density at radius 1 is 1.09 bits per heavy atom. The molecule has 5 nitrogen and oxygen atoms in total. The predicted molar refractivity (Wildman–Crippen MR) is 137 cm³/mol. The third kappa shape index (κ3) is 6.20. The summed E-state index contributed by atoms with van der Waals surface area (Å²) >= 11 is 0. The van der Waals surface area contributed by atoms with Gasteiger partial charge in [-0.1, -0.05) is 32.1 Å². The molecule has 3 fully saturated rings. The lowest BCUT2D eigenvalue weighted by Gasteiger charge is -2.36. The lowest BCUT2D eigenvalue weighted by molar-refractivity contribution is -0.126. The second kappa shape index (κ2) is 11.2. The highest BCUT2D eigenvalue weighted by Crippen LogP contribution is 2.30. The van der Waals surface area contributed by atoms with Crippen LogP contribution in [0.2, 0.25) is 0 Å². The number of nitrogens with one attached hydrogen (secondary N) is 2. The summed E-state index contributed by atoms with van der Waals surface area (Å²) < 4.78 is 0. The molecule has 33 heavy (non-hydrogen) atoms. The number of amides is 1. The summed E-state index contributed by atoms with van der Waals surface area (Å²) in [5, 5.41) is 6.39. The van der Waals surface area contributed by atoms with Crippen LogP contribution in [0.1, 0.15) is 62.5 Å². The van der Waals surface area contributed by atoms with Gasteiger partial charge in [-0.3, -0.25) is 4.79 Å². The fourth-order valence-electron chi connectivity index (χ4n) is 5.72. The van der Waals surface area contributed by atoms with Crippen LogP contribution in [0, 0.1) is 18.8 Å². The fourth-order valence-corrected chi connectivity index (χ4v) is 5.72.